The molecule has 0 radical (unpaired) electrons. The minimum atomic E-state index is -0.404. The van der Waals surface area contributed by atoms with Crippen molar-refractivity contribution < 1.29 is 14.4 Å². The van der Waals surface area contributed by atoms with Gasteiger partial charge in [0.2, 0.25) is 0 Å². The van der Waals surface area contributed by atoms with Gasteiger partial charge in [-0.05, 0) is 43.7 Å². The molecule has 2 rings (SSSR count). The van der Waals surface area contributed by atoms with Gasteiger partial charge in [0.15, 0.2) is 11.5 Å². The molecule has 0 unspecified atom stereocenters. The minimum absolute atomic E-state index is 0.0919. The van der Waals surface area contributed by atoms with Crippen LogP contribution in [0.2, 0.25) is 0 Å². The number of nitro benzene ring substituents is 1. The average molecular weight is 359 g/mol. The highest BCUT2D eigenvalue weighted by atomic mass is 16.6. The van der Waals surface area contributed by atoms with Gasteiger partial charge in [-0.3, -0.25) is 10.1 Å². The van der Waals surface area contributed by atoms with Crippen LogP contribution >= 0.6 is 0 Å². The molecule has 26 heavy (non-hydrogen) atoms. The average Bonchev–Trinajstić information content (AvgIpc) is 2.64. The predicted molar refractivity (Wildman–Crippen MR) is 102 cm³/mol. The SMILES string of the molecule is CCOc1ccc(CNCCNc2ccc([N+](=O)[O-])cc2)cc1OCC. The molecular weight excluding hydrogens is 334 g/mol. The molecular formula is C19H25N3O4. The second-order valence-corrected chi connectivity index (χ2v) is 5.55. The van der Waals surface area contributed by atoms with E-state index in [0.717, 1.165) is 29.3 Å². The zero-order valence-electron chi connectivity index (χ0n) is 15.2. The topological polar surface area (TPSA) is 85.7 Å². The van der Waals surface area contributed by atoms with Crippen LogP contribution in [0.4, 0.5) is 11.4 Å². The van der Waals surface area contributed by atoms with Crippen LogP contribution in [0.1, 0.15) is 19.4 Å². The monoisotopic (exact) mass is 359 g/mol. The second kappa shape index (κ2) is 10.2. The van der Waals surface area contributed by atoms with Gasteiger partial charge in [-0.2, -0.15) is 0 Å². The smallest absolute Gasteiger partial charge is 0.269 e. The maximum absolute atomic E-state index is 10.6. The van der Waals surface area contributed by atoms with E-state index in [1.807, 2.05) is 32.0 Å². The third kappa shape index (κ3) is 5.93. The molecule has 0 fully saturated rings. The Balaban J connectivity index is 1.77. The van der Waals surface area contributed by atoms with E-state index >= 15 is 0 Å². The van der Waals surface area contributed by atoms with Gasteiger partial charge in [0, 0.05) is 37.5 Å². The largest absolute Gasteiger partial charge is 0.490 e. The molecule has 140 valence electrons. The number of non-ortho nitro benzene ring substituents is 1. The van der Waals surface area contributed by atoms with Crippen molar-refractivity contribution in [3.63, 3.8) is 0 Å². The predicted octanol–water partition coefficient (Wildman–Crippen LogP) is 3.59. The normalized spacial score (nSPS) is 10.4. The maximum Gasteiger partial charge on any atom is 0.269 e. The molecule has 2 N–H and O–H groups in total. The molecule has 0 aliphatic heterocycles. The lowest BCUT2D eigenvalue weighted by Gasteiger charge is -2.13. The molecule has 0 saturated carbocycles. The Morgan fingerprint density at radius 1 is 0.962 bits per heavy atom. The second-order valence-electron chi connectivity index (χ2n) is 5.55. The number of hydrogen-bond acceptors (Lipinski definition) is 6. The van der Waals surface area contributed by atoms with Crippen molar-refractivity contribution in [2.45, 2.75) is 20.4 Å². The first-order valence-corrected chi connectivity index (χ1v) is 8.71. The summed E-state index contributed by atoms with van der Waals surface area (Å²) in [7, 11) is 0. The van der Waals surface area contributed by atoms with Crippen LogP contribution in [0.25, 0.3) is 0 Å². The first-order chi connectivity index (χ1) is 12.6. The van der Waals surface area contributed by atoms with Gasteiger partial charge in [0.1, 0.15) is 0 Å². The molecule has 0 aliphatic carbocycles. The number of rotatable bonds is 11. The van der Waals surface area contributed by atoms with E-state index in [9.17, 15) is 10.1 Å². The van der Waals surface area contributed by atoms with Gasteiger partial charge < -0.3 is 20.1 Å². The standard InChI is InChI=1S/C19H25N3O4/c1-3-25-18-10-5-15(13-19(18)26-4-2)14-20-11-12-21-16-6-8-17(9-7-16)22(23)24/h5-10,13,20-21H,3-4,11-12,14H2,1-2H3. The molecule has 0 aliphatic rings. The summed E-state index contributed by atoms with van der Waals surface area (Å²) in [5.41, 5.74) is 2.07. The van der Waals surface area contributed by atoms with Crippen molar-refractivity contribution in [3.05, 3.63) is 58.1 Å². The number of anilines is 1. The highest BCUT2D eigenvalue weighted by Gasteiger charge is 2.06. The highest BCUT2D eigenvalue weighted by molar-refractivity contribution is 5.48. The Labute approximate surface area is 153 Å². The summed E-state index contributed by atoms with van der Waals surface area (Å²) >= 11 is 0. The first kappa shape index (κ1) is 19.5. The molecule has 7 nitrogen and oxygen atoms in total. The van der Waals surface area contributed by atoms with Crippen molar-refractivity contribution in [2.24, 2.45) is 0 Å². The van der Waals surface area contributed by atoms with Crippen LogP contribution in [0.3, 0.4) is 0 Å². The zero-order valence-corrected chi connectivity index (χ0v) is 15.2. The number of nitro groups is 1. The fourth-order valence-corrected chi connectivity index (χ4v) is 2.43. The summed E-state index contributed by atoms with van der Waals surface area (Å²) in [5, 5.41) is 17.2. The fraction of sp³-hybridized carbons (Fsp3) is 0.368. The van der Waals surface area contributed by atoms with Crippen LogP contribution < -0.4 is 20.1 Å². The van der Waals surface area contributed by atoms with E-state index in [1.165, 1.54) is 12.1 Å². The van der Waals surface area contributed by atoms with E-state index in [1.54, 1.807) is 12.1 Å². The van der Waals surface area contributed by atoms with Gasteiger partial charge in [-0.25, -0.2) is 0 Å². The molecule has 2 aromatic rings. The molecule has 0 aromatic heterocycles. The fourth-order valence-electron chi connectivity index (χ4n) is 2.43. The van der Waals surface area contributed by atoms with Gasteiger partial charge in [-0.15, -0.1) is 0 Å². The molecule has 0 bridgehead atoms. The highest BCUT2D eigenvalue weighted by Crippen LogP contribution is 2.28. The minimum Gasteiger partial charge on any atom is -0.490 e. The number of nitrogens with zero attached hydrogens (tertiary/aromatic N) is 1. The molecule has 0 spiro atoms. The third-order valence-electron chi connectivity index (χ3n) is 3.65. The Morgan fingerprint density at radius 2 is 1.65 bits per heavy atom. The summed E-state index contributed by atoms with van der Waals surface area (Å²) in [4.78, 5) is 10.2. The molecule has 2 aromatic carbocycles. The summed E-state index contributed by atoms with van der Waals surface area (Å²) in [5.74, 6) is 1.52. The van der Waals surface area contributed by atoms with E-state index in [4.69, 9.17) is 9.47 Å². The third-order valence-corrected chi connectivity index (χ3v) is 3.65. The Morgan fingerprint density at radius 3 is 2.31 bits per heavy atom. The summed E-state index contributed by atoms with van der Waals surface area (Å²) in [6.07, 6.45) is 0. The van der Waals surface area contributed by atoms with Gasteiger partial charge in [0.05, 0.1) is 18.1 Å². The van der Waals surface area contributed by atoms with Crippen molar-refractivity contribution >= 4 is 11.4 Å². The molecule has 0 amide bonds. The number of hydrogen-bond donors (Lipinski definition) is 2. The van der Waals surface area contributed by atoms with Crippen molar-refractivity contribution in [1.29, 1.82) is 0 Å². The number of ether oxygens (including phenoxy) is 2. The summed E-state index contributed by atoms with van der Waals surface area (Å²) < 4.78 is 11.2. The Hall–Kier alpha value is -2.80. The van der Waals surface area contributed by atoms with Crippen LogP contribution in [0, 0.1) is 10.1 Å². The Bertz CT molecular complexity index is 704. The van der Waals surface area contributed by atoms with Crippen LogP contribution in [-0.2, 0) is 6.54 Å². The number of nitrogens with one attached hydrogen (secondary N) is 2. The first-order valence-electron chi connectivity index (χ1n) is 8.71. The van der Waals surface area contributed by atoms with Gasteiger partial charge in [-0.1, -0.05) is 6.07 Å². The van der Waals surface area contributed by atoms with Gasteiger partial charge in [0.25, 0.3) is 5.69 Å². The van der Waals surface area contributed by atoms with E-state index in [-0.39, 0.29) is 5.69 Å². The summed E-state index contributed by atoms with van der Waals surface area (Å²) in [6.45, 7) is 7.28. The number of benzene rings is 2. The Kier molecular flexibility index (Phi) is 7.70. The van der Waals surface area contributed by atoms with Crippen LogP contribution in [-0.4, -0.2) is 31.2 Å². The van der Waals surface area contributed by atoms with Crippen LogP contribution in [0.5, 0.6) is 11.5 Å². The van der Waals surface area contributed by atoms with Crippen molar-refractivity contribution in [1.82, 2.24) is 5.32 Å². The molecule has 0 saturated heterocycles. The van der Waals surface area contributed by atoms with Gasteiger partial charge >= 0.3 is 0 Å². The lowest BCUT2D eigenvalue weighted by Crippen LogP contribution is -2.21. The molecule has 7 heteroatoms. The molecule has 0 heterocycles. The quantitative estimate of drug-likeness (QED) is 0.362. The molecule has 0 atom stereocenters. The van der Waals surface area contributed by atoms with Crippen molar-refractivity contribution in [3.8, 4) is 11.5 Å². The van der Waals surface area contributed by atoms with Crippen LogP contribution in [0.15, 0.2) is 42.5 Å². The summed E-state index contributed by atoms with van der Waals surface area (Å²) in [6, 6.07) is 12.3. The lowest BCUT2D eigenvalue weighted by atomic mass is 10.2. The lowest BCUT2D eigenvalue weighted by molar-refractivity contribution is -0.384. The zero-order chi connectivity index (χ0) is 18.8. The van der Waals surface area contributed by atoms with E-state index in [2.05, 4.69) is 10.6 Å². The van der Waals surface area contributed by atoms with E-state index < -0.39 is 4.92 Å². The van der Waals surface area contributed by atoms with Crippen molar-refractivity contribution in [2.75, 3.05) is 31.6 Å². The van der Waals surface area contributed by atoms with E-state index in [0.29, 0.717) is 26.3 Å². The maximum atomic E-state index is 10.6.